The van der Waals surface area contributed by atoms with Gasteiger partial charge >= 0.3 is 0 Å². The molecule has 0 aromatic rings. The van der Waals surface area contributed by atoms with Gasteiger partial charge in [0.25, 0.3) is 0 Å². The predicted octanol–water partition coefficient (Wildman–Crippen LogP) is 2.60. The first kappa shape index (κ1) is 54.7. The summed E-state index contributed by atoms with van der Waals surface area (Å²) in [6.07, 6.45) is 16.7. The molecule has 59 heavy (non-hydrogen) atoms. The van der Waals surface area contributed by atoms with Crippen LogP contribution in [0.2, 0.25) is 0 Å². The summed E-state index contributed by atoms with van der Waals surface area (Å²) in [6, 6.07) is -2.23. The van der Waals surface area contributed by atoms with E-state index in [4.69, 9.17) is 22.9 Å². The van der Waals surface area contributed by atoms with Crippen LogP contribution in [0.1, 0.15) is 156 Å². The molecule has 4 atom stereocenters. The number of rotatable bonds is 37. The lowest BCUT2D eigenvalue weighted by atomic mass is 9.88. The highest BCUT2D eigenvalue weighted by atomic mass is 16.3. The van der Waals surface area contributed by atoms with Gasteiger partial charge in [0.15, 0.2) is 23.5 Å². The normalized spacial score (nSPS) is 13.1. The lowest BCUT2D eigenvalue weighted by Crippen LogP contribution is -2.50. The molecule has 0 saturated heterocycles. The molecule has 0 aliphatic rings. The molecular weight excluding hydrogens is 757 g/mol. The topological polar surface area (TPSA) is 300 Å². The minimum absolute atomic E-state index is 0.104. The number of aliphatic hydroxyl groups excluding tert-OH is 1. The zero-order chi connectivity index (χ0) is 44.4. The molecule has 0 aliphatic carbocycles. The van der Waals surface area contributed by atoms with Crippen molar-refractivity contribution in [1.29, 1.82) is 0 Å². The lowest BCUT2D eigenvalue weighted by Gasteiger charge is -2.24. The van der Waals surface area contributed by atoms with Gasteiger partial charge in [0.2, 0.25) is 23.6 Å². The molecule has 13 N–H and O–H groups in total. The van der Waals surface area contributed by atoms with Crippen molar-refractivity contribution in [1.82, 2.24) is 21.3 Å². The number of hydrogen-bond donors (Lipinski definition) is 9. The molecule has 340 valence electrons. The van der Waals surface area contributed by atoms with Gasteiger partial charge in [-0.1, -0.05) is 97.8 Å². The quantitative estimate of drug-likeness (QED) is 0.0249. The Morgan fingerprint density at radius 1 is 0.610 bits per heavy atom. The van der Waals surface area contributed by atoms with E-state index in [2.05, 4.69) is 38.2 Å². The number of unbranched alkanes of at least 4 members (excludes halogenated alkanes) is 12. The zero-order valence-corrected chi connectivity index (χ0v) is 36.7. The highest BCUT2D eigenvalue weighted by Crippen LogP contribution is 2.20. The van der Waals surface area contributed by atoms with Crippen molar-refractivity contribution in [2.75, 3.05) is 33.3 Å². The Bertz CT molecular complexity index is 1290. The molecule has 4 amide bonds. The van der Waals surface area contributed by atoms with Crippen LogP contribution in [-0.4, -0.2) is 97.6 Å². The summed E-state index contributed by atoms with van der Waals surface area (Å²) >= 11 is 0. The van der Waals surface area contributed by atoms with Crippen molar-refractivity contribution in [2.45, 2.75) is 168 Å². The highest BCUT2D eigenvalue weighted by Gasteiger charge is 2.30. The molecule has 0 bridgehead atoms. The number of carbonyl (C=O) groups excluding carboxylic acids is 6. The second-order valence-electron chi connectivity index (χ2n) is 16.0. The number of nitrogens with one attached hydrogen (secondary N) is 4. The summed E-state index contributed by atoms with van der Waals surface area (Å²) in [5.74, 6) is -4.38. The molecule has 0 aromatic carbocycles. The number of nitrogens with two attached hydrogens (primary N) is 4. The van der Waals surface area contributed by atoms with Gasteiger partial charge in [-0.05, 0) is 44.4 Å². The van der Waals surface area contributed by atoms with Crippen molar-refractivity contribution in [3.8, 4) is 0 Å². The van der Waals surface area contributed by atoms with Gasteiger partial charge < -0.3 is 49.3 Å². The number of aliphatic hydroxyl groups is 1. The Hall–Kier alpha value is -4.28. The minimum Gasteiger partial charge on any atom is -0.394 e. The van der Waals surface area contributed by atoms with Crippen molar-refractivity contribution >= 4 is 47.1 Å². The van der Waals surface area contributed by atoms with E-state index in [1.165, 1.54) is 64.8 Å². The van der Waals surface area contributed by atoms with E-state index in [9.17, 15) is 33.9 Å². The fourth-order valence-corrected chi connectivity index (χ4v) is 6.84. The lowest BCUT2D eigenvalue weighted by molar-refractivity contribution is -0.134. The standard InChI is InChI=1S/C42H80N10O7/c1-5-6-7-8-9-10-11-12-13-14-15-16-17-22-37(56)51-35(29-53)40(59)50-28-33(54)26-31(20-18-23-48-41(43)44)39(58)52-34(21-19-24-49-42(45)46)36(55)27-32(25-30(2)3)38(57)47-4/h30-32,34-35,53H,5-29H2,1-4H3,(H,47,57)(H,50,59)(H,51,56)(H,52,58)(H4,43,44,48)(H4,45,46,49)/t31-,32-,34+,35+/m1/s1. The SMILES string of the molecule is CCCCCCCCCCCCCCCC(=O)N[C@@H](CO)C(=O)NCC(=O)C[C@@H](CCCN=C(N)N)C(=O)N[C@@H](CCCN=C(N)N)C(=O)C[C@@H](CC(C)C)C(=O)NC. The monoisotopic (exact) mass is 837 g/mol. The third kappa shape index (κ3) is 29.6. The van der Waals surface area contributed by atoms with E-state index >= 15 is 0 Å². The van der Waals surface area contributed by atoms with E-state index in [0.717, 1.165) is 19.3 Å². The van der Waals surface area contributed by atoms with Gasteiger partial charge in [0.1, 0.15) is 6.04 Å². The molecular formula is C42H80N10O7. The molecule has 17 nitrogen and oxygen atoms in total. The maximum Gasteiger partial charge on any atom is 0.245 e. The zero-order valence-electron chi connectivity index (χ0n) is 36.7. The molecule has 0 radical (unpaired) electrons. The van der Waals surface area contributed by atoms with Crippen LogP contribution in [0.5, 0.6) is 0 Å². The average molecular weight is 837 g/mol. The molecule has 0 heterocycles. The van der Waals surface area contributed by atoms with Crippen molar-refractivity contribution in [3.05, 3.63) is 0 Å². The van der Waals surface area contributed by atoms with E-state index in [1.807, 2.05) is 13.8 Å². The van der Waals surface area contributed by atoms with E-state index in [1.54, 1.807) is 0 Å². The van der Waals surface area contributed by atoms with E-state index in [0.29, 0.717) is 25.7 Å². The maximum atomic E-state index is 13.7. The van der Waals surface area contributed by atoms with Crippen LogP contribution in [0.4, 0.5) is 0 Å². The second kappa shape index (κ2) is 34.6. The molecule has 0 aliphatic heterocycles. The number of ketones is 2. The Labute approximate surface area is 353 Å². The summed E-state index contributed by atoms with van der Waals surface area (Å²) in [5.41, 5.74) is 21.8. The van der Waals surface area contributed by atoms with E-state index < -0.39 is 54.7 Å². The van der Waals surface area contributed by atoms with Crippen LogP contribution < -0.4 is 44.2 Å². The molecule has 0 spiro atoms. The fraction of sp³-hybridized carbons (Fsp3) is 0.810. The van der Waals surface area contributed by atoms with E-state index in [-0.39, 0.29) is 80.6 Å². The Balaban J connectivity index is 5.30. The highest BCUT2D eigenvalue weighted by molar-refractivity contribution is 5.95. The Kier molecular flexibility index (Phi) is 32.1. The number of aliphatic imine (C=N–C) groups is 2. The van der Waals surface area contributed by atoms with Crippen molar-refractivity contribution in [3.63, 3.8) is 0 Å². The Morgan fingerprint density at radius 3 is 1.63 bits per heavy atom. The first-order valence-electron chi connectivity index (χ1n) is 22.0. The molecule has 0 saturated carbocycles. The number of guanidine groups is 2. The van der Waals surface area contributed by atoms with Gasteiger partial charge in [-0.3, -0.25) is 38.8 Å². The van der Waals surface area contributed by atoms with Crippen LogP contribution in [0.25, 0.3) is 0 Å². The van der Waals surface area contributed by atoms with Crippen LogP contribution in [0, 0.1) is 17.8 Å². The number of Topliss-reactive ketones (excluding diaryl/α,β-unsaturated/α-hetero) is 2. The van der Waals surface area contributed by atoms with Gasteiger partial charge in [0, 0.05) is 51.2 Å². The molecule has 0 aromatic heterocycles. The summed E-state index contributed by atoms with van der Waals surface area (Å²) in [5, 5.41) is 20.2. The summed E-state index contributed by atoms with van der Waals surface area (Å²) < 4.78 is 0. The first-order chi connectivity index (χ1) is 28.1. The van der Waals surface area contributed by atoms with Gasteiger partial charge in [0.05, 0.1) is 19.2 Å². The number of carbonyl (C=O) groups is 6. The number of amides is 4. The van der Waals surface area contributed by atoms with Gasteiger partial charge in [-0.15, -0.1) is 0 Å². The van der Waals surface area contributed by atoms with Crippen molar-refractivity contribution < 1.29 is 33.9 Å². The average Bonchev–Trinajstić information content (AvgIpc) is 3.18. The Morgan fingerprint density at radius 2 is 1.14 bits per heavy atom. The largest absolute Gasteiger partial charge is 0.394 e. The van der Waals surface area contributed by atoms with Crippen molar-refractivity contribution in [2.24, 2.45) is 50.7 Å². The van der Waals surface area contributed by atoms with Crippen LogP contribution >= 0.6 is 0 Å². The summed E-state index contributed by atoms with van der Waals surface area (Å²) in [6.45, 7) is 5.42. The van der Waals surface area contributed by atoms with Gasteiger partial charge in [-0.2, -0.15) is 0 Å². The molecule has 17 heteroatoms. The smallest absolute Gasteiger partial charge is 0.245 e. The maximum absolute atomic E-state index is 13.7. The van der Waals surface area contributed by atoms with Gasteiger partial charge in [-0.25, -0.2) is 0 Å². The molecule has 0 rings (SSSR count). The van der Waals surface area contributed by atoms with Crippen LogP contribution in [0.3, 0.4) is 0 Å². The number of hydrogen-bond acceptors (Lipinski definition) is 9. The second-order valence-corrected chi connectivity index (χ2v) is 16.0. The molecule has 0 fully saturated rings. The van der Waals surface area contributed by atoms with Crippen LogP contribution in [-0.2, 0) is 28.8 Å². The molecule has 0 unspecified atom stereocenters. The minimum atomic E-state index is -1.24. The van der Waals surface area contributed by atoms with Crippen LogP contribution in [0.15, 0.2) is 9.98 Å². The number of nitrogens with zero attached hydrogens (tertiary/aromatic N) is 2. The third-order valence-electron chi connectivity index (χ3n) is 10.1. The fourth-order valence-electron chi connectivity index (χ4n) is 6.84. The third-order valence-corrected chi connectivity index (χ3v) is 10.1. The summed E-state index contributed by atoms with van der Waals surface area (Å²) in [7, 11) is 1.50. The summed E-state index contributed by atoms with van der Waals surface area (Å²) in [4.78, 5) is 86.5. The first-order valence-corrected chi connectivity index (χ1v) is 22.0. The predicted molar refractivity (Wildman–Crippen MR) is 234 cm³/mol.